The number of nitrogens with zero attached hydrogens (tertiary/aromatic N) is 1. The molecule has 33 heavy (non-hydrogen) atoms. The van der Waals surface area contributed by atoms with E-state index in [1.54, 1.807) is 30.3 Å². The van der Waals surface area contributed by atoms with E-state index in [2.05, 4.69) is 5.16 Å². The standard InChI is InChI=1S/C21H14ClF5N2O3S/c22-15-7-9-19(29-33(30,31)21(25,26)27)17(10-15)20(13-4-2-1-3-5-13)28-32-12-14-6-8-16(23)11-18(14)24/h1-11,29H,12H2. The fraction of sp³-hybridized carbons (Fsp3) is 0.0952. The second-order valence-electron chi connectivity index (χ2n) is 6.56. The molecule has 3 aromatic rings. The van der Waals surface area contributed by atoms with Crippen LogP contribution in [0.4, 0.5) is 27.6 Å². The van der Waals surface area contributed by atoms with Crippen molar-refractivity contribution in [2.24, 2.45) is 5.16 Å². The number of anilines is 1. The minimum atomic E-state index is -5.75. The van der Waals surface area contributed by atoms with Crippen molar-refractivity contribution in [3.63, 3.8) is 0 Å². The molecule has 0 aromatic heterocycles. The van der Waals surface area contributed by atoms with Crippen molar-refractivity contribution in [3.8, 4) is 0 Å². The highest BCUT2D eigenvalue weighted by Gasteiger charge is 2.46. The average Bonchev–Trinajstić information content (AvgIpc) is 2.74. The number of rotatable bonds is 7. The van der Waals surface area contributed by atoms with Crippen LogP contribution in [-0.4, -0.2) is 19.6 Å². The van der Waals surface area contributed by atoms with E-state index < -0.39 is 39.5 Å². The molecule has 0 spiro atoms. The Kier molecular flexibility index (Phi) is 7.23. The first-order chi connectivity index (χ1) is 15.5. The molecule has 0 bridgehead atoms. The van der Waals surface area contributed by atoms with Gasteiger partial charge in [0.1, 0.15) is 24.0 Å². The lowest BCUT2D eigenvalue weighted by Gasteiger charge is -2.16. The van der Waals surface area contributed by atoms with Crippen LogP contribution in [0.1, 0.15) is 16.7 Å². The monoisotopic (exact) mass is 504 g/mol. The Hall–Kier alpha value is -3.18. The van der Waals surface area contributed by atoms with Gasteiger partial charge in [0, 0.05) is 27.8 Å². The van der Waals surface area contributed by atoms with E-state index in [9.17, 15) is 30.4 Å². The van der Waals surface area contributed by atoms with Crippen LogP contribution in [-0.2, 0) is 21.5 Å². The van der Waals surface area contributed by atoms with Gasteiger partial charge in [-0.25, -0.2) is 8.78 Å². The van der Waals surface area contributed by atoms with E-state index >= 15 is 0 Å². The SMILES string of the molecule is O=S(=O)(Nc1ccc(Cl)cc1C(=NOCc1ccc(F)cc1F)c1ccccc1)C(F)(F)F. The summed E-state index contributed by atoms with van der Waals surface area (Å²) in [4.78, 5) is 5.19. The van der Waals surface area contributed by atoms with Crippen LogP contribution in [0.5, 0.6) is 0 Å². The molecule has 174 valence electrons. The molecule has 0 saturated heterocycles. The molecule has 12 heteroatoms. The van der Waals surface area contributed by atoms with Crippen molar-refractivity contribution < 1.29 is 35.2 Å². The first-order valence-corrected chi connectivity index (χ1v) is 10.9. The summed E-state index contributed by atoms with van der Waals surface area (Å²) in [7, 11) is -5.75. The Labute approximate surface area is 190 Å². The van der Waals surface area contributed by atoms with E-state index in [0.717, 1.165) is 18.2 Å². The van der Waals surface area contributed by atoms with Crippen molar-refractivity contribution in [1.29, 1.82) is 0 Å². The number of hydrogen-bond donors (Lipinski definition) is 1. The quantitative estimate of drug-likeness (QED) is 0.249. The van der Waals surface area contributed by atoms with Gasteiger partial charge in [0.25, 0.3) is 0 Å². The lowest BCUT2D eigenvalue weighted by atomic mass is 10.0. The van der Waals surface area contributed by atoms with Gasteiger partial charge in [-0.15, -0.1) is 0 Å². The highest BCUT2D eigenvalue weighted by Crippen LogP contribution is 2.30. The van der Waals surface area contributed by atoms with Crippen LogP contribution >= 0.6 is 11.6 Å². The maximum atomic E-state index is 13.9. The molecule has 0 aliphatic heterocycles. The molecule has 0 aliphatic carbocycles. The summed E-state index contributed by atoms with van der Waals surface area (Å²) < 4.78 is 90.5. The molecule has 0 fully saturated rings. The van der Waals surface area contributed by atoms with Crippen LogP contribution < -0.4 is 4.72 Å². The van der Waals surface area contributed by atoms with Gasteiger partial charge in [0.2, 0.25) is 0 Å². The Balaban J connectivity index is 2.05. The molecule has 0 aliphatic rings. The van der Waals surface area contributed by atoms with Gasteiger partial charge in [-0.3, -0.25) is 4.72 Å². The van der Waals surface area contributed by atoms with E-state index in [-0.39, 0.29) is 21.9 Å². The summed E-state index contributed by atoms with van der Waals surface area (Å²) >= 11 is 5.99. The number of nitrogens with one attached hydrogen (secondary N) is 1. The minimum absolute atomic E-state index is 0.0309. The van der Waals surface area contributed by atoms with E-state index in [1.165, 1.54) is 16.9 Å². The van der Waals surface area contributed by atoms with Gasteiger partial charge in [-0.2, -0.15) is 21.6 Å². The van der Waals surface area contributed by atoms with Crippen LogP contribution in [0.2, 0.25) is 5.02 Å². The first-order valence-electron chi connectivity index (χ1n) is 9.06. The minimum Gasteiger partial charge on any atom is -0.390 e. The normalized spacial score (nSPS) is 12.5. The third kappa shape index (κ3) is 5.99. The summed E-state index contributed by atoms with van der Waals surface area (Å²) in [5.74, 6) is -1.67. The van der Waals surface area contributed by atoms with Crippen LogP contribution in [0.3, 0.4) is 0 Å². The lowest BCUT2D eigenvalue weighted by molar-refractivity contribution is -0.0429. The van der Waals surface area contributed by atoms with Crippen LogP contribution in [0.15, 0.2) is 71.9 Å². The number of alkyl halides is 3. The van der Waals surface area contributed by atoms with Gasteiger partial charge < -0.3 is 4.84 Å². The third-order valence-electron chi connectivity index (χ3n) is 4.22. The molecule has 1 N–H and O–H groups in total. The fourth-order valence-corrected chi connectivity index (χ4v) is 3.42. The van der Waals surface area contributed by atoms with Crippen molar-refractivity contribution in [2.75, 3.05) is 4.72 Å². The number of halogens is 6. The molecule has 0 unspecified atom stereocenters. The fourth-order valence-electron chi connectivity index (χ4n) is 2.66. The second-order valence-corrected chi connectivity index (χ2v) is 8.67. The summed E-state index contributed by atoms with van der Waals surface area (Å²) in [5, 5.41) is 3.98. The molecule has 3 aromatic carbocycles. The third-order valence-corrected chi connectivity index (χ3v) is 5.56. The van der Waals surface area contributed by atoms with E-state index in [1.807, 2.05) is 0 Å². The summed E-state index contributed by atoms with van der Waals surface area (Å²) in [6, 6.07) is 14.2. The number of sulfonamides is 1. The predicted octanol–water partition coefficient (Wildman–Crippen LogP) is 5.85. The molecular weight excluding hydrogens is 491 g/mol. The molecule has 0 amide bonds. The summed E-state index contributed by atoms with van der Waals surface area (Å²) in [5.41, 5.74) is -5.93. The zero-order chi connectivity index (χ0) is 24.2. The number of oxime groups is 1. The predicted molar refractivity (Wildman–Crippen MR) is 113 cm³/mol. The molecule has 5 nitrogen and oxygen atoms in total. The second kappa shape index (κ2) is 9.75. The first kappa shape index (κ1) is 24.5. The highest BCUT2D eigenvalue weighted by molar-refractivity contribution is 7.93. The Morgan fingerprint density at radius 2 is 1.70 bits per heavy atom. The van der Waals surface area contributed by atoms with E-state index in [0.29, 0.717) is 11.6 Å². The van der Waals surface area contributed by atoms with Gasteiger partial charge in [0.15, 0.2) is 0 Å². The van der Waals surface area contributed by atoms with Crippen molar-refractivity contribution in [3.05, 3.63) is 100 Å². The summed E-state index contributed by atoms with van der Waals surface area (Å²) in [6.07, 6.45) is 0. The molecule has 0 heterocycles. The van der Waals surface area contributed by atoms with Gasteiger partial charge >= 0.3 is 15.5 Å². The van der Waals surface area contributed by atoms with Crippen molar-refractivity contribution in [2.45, 2.75) is 12.1 Å². The summed E-state index contributed by atoms with van der Waals surface area (Å²) in [6.45, 7) is -0.438. The number of hydrogen-bond acceptors (Lipinski definition) is 4. The maximum absolute atomic E-state index is 13.9. The molecular formula is C21H14ClF5N2O3S. The molecule has 3 rings (SSSR count). The molecule has 0 saturated carbocycles. The van der Waals surface area contributed by atoms with Crippen LogP contribution in [0.25, 0.3) is 0 Å². The Morgan fingerprint density at radius 1 is 1.00 bits per heavy atom. The average molecular weight is 505 g/mol. The maximum Gasteiger partial charge on any atom is 0.516 e. The zero-order valence-corrected chi connectivity index (χ0v) is 18.0. The largest absolute Gasteiger partial charge is 0.516 e. The van der Waals surface area contributed by atoms with Crippen molar-refractivity contribution >= 4 is 33.0 Å². The Bertz CT molecular complexity index is 1280. The lowest BCUT2D eigenvalue weighted by Crippen LogP contribution is -2.30. The molecule has 0 radical (unpaired) electrons. The van der Waals surface area contributed by atoms with Crippen LogP contribution in [0, 0.1) is 11.6 Å². The van der Waals surface area contributed by atoms with Crippen molar-refractivity contribution in [1.82, 2.24) is 0 Å². The van der Waals surface area contributed by atoms with Gasteiger partial charge in [-0.05, 0) is 30.3 Å². The number of benzene rings is 3. The van der Waals surface area contributed by atoms with E-state index in [4.69, 9.17) is 16.4 Å². The van der Waals surface area contributed by atoms with Gasteiger partial charge in [-0.1, -0.05) is 47.1 Å². The smallest absolute Gasteiger partial charge is 0.390 e. The topological polar surface area (TPSA) is 67.8 Å². The zero-order valence-electron chi connectivity index (χ0n) is 16.4. The Morgan fingerprint density at radius 3 is 2.33 bits per heavy atom. The molecule has 0 atom stereocenters. The van der Waals surface area contributed by atoms with Gasteiger partial charge in [0.05, 0.1) is 5.69 Å². The highest BCUT2D eigenvalue weighted by atomic mass is 35.5.